The molecule has 0 radical (unpaired) electrons. The average molecular weight is 443 g/mol. The van der Waals surface area contributed by atoms with Crippen LogP contribution < -0.4 is 11.5 Å². The molecule has 0 bridgehead atoms. The van der Waals surface area contributed by atoms with E-state index in [-0.39, 0.29) is 34.3 Å². The summed E-state index contributed by atoms with van der Waals surface area (Å²) in [6.45, 7) is 3.54. The predicted octanol–water partition coefficient (Wildman–Crippen LogP) is 2.37. The normalized spacial score (nSPS) is 10.8. The van der Waals surface area contributed by atoms with Crippen molar-refractivity contribution in [3.8, 4) is 17.2 Å². The number of nitrogens with two attached hydrogens (primary N) is 2. The second-order valence-electron chi connectivity index (χ2n) is 7.39. The molecule has 4 rings (SSSR count). The second-order valence-corrected chi connectivity index (χ2v) is 7.39. The number of nitriles is 1. The number of nitrogens with zero attached hydrogens (tertiary/aromatic N) is 5. The van der Waals surface area contributed by atoms with Gasteiger partial charge in [0.2, 0.25) is 5.91 Å². The lowest BCUT2D eigenvalue weighted by Crippen LogP contribution is -2.21. The average Bonchev–Trinajstić information content (AvgIpc) is 3.05. The van der Waals surface area contributed by atoms with Gasteiger partial charge in [0.15, 0.2) is 0 Å². The summed E-state index contributed by atoms with van der Waals surface area (Å²) in [6, 6.07) is 9.44. The molecule has 3 aromatic heterocycles. The number of aryl methyl sites for hydroxylation is 1. The van der Waals surface area contributed by atoms with E-state index in [2.05, 4.69) is 21.1 Å². The quantitative estimate of drug-likeness (QED) is 0.483. The molecule has 164 valence electrons. The fraction of sp³-hybridized carbons (Fsp3) is 0.130. The van der Waals surface area contributed by atoms with Gasteiger partial charge in [-0.15, -0.1) is 0 Å². The summed E-state index contributed by atoms with van der Waals surface area (Å²) in [5, 5.41) is 13.8. The van der Waals surface area contributed by atoms with Gasteiger partial charge in [0, 0.05) is 28.4 Å². The Morgan fingerprint density at radius 1 is 1.12 bits per heavy atom. The first kappa shape index (κ1) is 21.6. The highest BCUT2D eigenvalue weighted by Crippen LogP contribution is 2.37. The summed E-state index contributed by atoms with van der Waals surface area (Å²) in [6.07, 6.45) is 1.56. The van der Waals surface area contributed by atoms with Gasteiger partial charge in [0.1, 0.15) is 17.6 Å². The van der Waals surface area contributed by atoms with Gasteiger partial charge in [0.05, 0.1) is 34.6 Å². The van der Waals surface area contributed by atoms with Crippen LogP contribution in [0, 0.1) is 31.0 Å². The van der Waals surface area contributed by atoms with Crippen LogP contribution in [0.2, 0.25) is 0 Å². The van der Waals surface area contributed by atoms with E-state index in [1.807, 2.05) is 0 Å². The van der Waals surface area contributed by atoms with Crippen LogP contribution in [0.25, 0.3) is 22.0 Å². The predicted molar refractivity (Wildman–Crippen MR) is 117 cm³/mol. The molecule has 4 N–H and O–H groups in total. The van der Waals surface area contributed by atoms with E-state index in [1.54, 1.807) is 36.9 Å². The molecule has 10 heteroatoms. The summed E-state index contributed by atoms with van der Waals surface area (Å²) in [5.41, 5.74) is 13.2. The summed E-state index contributed by atoms with van der Waals surface area (Å²) in [7, 11) is 0. The molecule has 9 nitrogen and oxygen atoms in total. The minimum absolute atomic E-state index is 0.0235. The summed E-state index contributed by atoms with van der Waals surface area (Å²) >= 11 is 0. The zero-order chi connectivity index (χ0) is 23.9. The number of carbonyl (C=O) groups is 2. The van der Waals surface area contributed by atoms with E-state index < -0.39 is 17.6 Å². The number of amides is 2. The third-order valence-electron chi connectivity index (χ3n) is 5.38. The Kier molecular flexibility index (Phi) is 5.31. The van der Waals surface area contributed by atoms with E-state index in [0.29, 0.717) is 28.2 Å². The SMILES string of the molecule is Cc1nn(Cc2ncccc2C#N)c(C)c1-c1c(C(N)=O)nc2cccc(F)c2c1C(N)=O. The third kappa shape index (κ3) is 3.55. The molecule has 2 amide bonds. The monoisotopic (exact) mass is 443 g/mol. The van der Waals surface area contributed by atoms with Crippen molar-refractivity contribution in [3.63, 3.8) is 0 Å². The number of rotatable bonds is 5. The van der Waals surface area contributed by atoms with Crippen molar-refractivity contribution in [1.29, 1.82) is 5.26 Å². The highest BCUT2D eigenvalue weighted by Gasteiger charge is 2.29. The Labute approximate surface area is 187 Å². The first-order chi connectivity index (χ1) is 15.7. The van der Waals surface area contributed by atoms with Crippen molar-refractivity contribution in [1.82, 2.24) is 19.7 Å². The summed E-state index contributed by atoms with van der Waals surface area (Å²) in [4.78, 5) is 33.4. The van der Waals surface area contributed by atoms with Crippen LogP contribution in [0.1, 0.15) is 43.5 Å². The van der Waals surface area contributed by atoms with Crippen LogP contribution in [-0.4, -0.2) is 31.6 Å². The Morgan fingerprint density at radius 3 is 2.55 bits per heavy atom. The first-order valence-corrected chi connectivity index (χ1v) is 9.84. The molecule has 0 spiro atoms. The van der Waals surface area contributed by atoms with Crippen LogP contribution in [0.4, 0.5) is 4.39 Å². The number of pyridine rings is 2. The number of benzene rings is 1. The first-order valence-electron chi connectivity index (χ1n) is 9.84. The van der Waals surface area contributed by atoms with Crippen LogP contribution in [-0.2, 0) is 6.54 Å². The van der Waals surface area contributed by atoms with Gasteiger partial charge in [-0.1, -0.05) is 6.07 Å². The number of hydrogen-bond acceptors (Lipinski definition) is 6. The fourth-order valence-corrected chi connectivity index (χ4v) is 3.96. The van der Waals surface area contributed by atoms with E-state index in [0.717, 1.165) is 0 Å². The molecule has 0 fully saturated rings. The van der Waals surface area contributed by atoms with Gasteiger partial charge in [0.25, 0.3) is 5.91 Å². The standard InChI is InChI=1S/C23H18FN7O2/c1-11-17(12(2)31(30-11)10-16-13(9-25)5-4-8-28-16)19-20(22(26)32)18-14(24)6-3-7-15(18)29-21(19)23(27)33/h3-8H,10H2,1-2H3,(H2,26,32)(H2,27,33). The second kappa shape index (κ2) is 8.12. The number of aromatic nitrogens is 4. The molecule has 0 aliphatic heterocycles. The topological polar surface area (TPSA) is 154 Å². The number of halogens is 1. The van der Waals surface area contributed by atoms with Gasteiger partial charge in [-0.3, -0.25) is 19.3 Å². The maximum atomic E-state index is 14.8. The van der Waals surface area contributed by atoms with E-state index in [4.69, 9.17) is 11.5 Å². The largest absolute Gasteiger partial charge is 0.366 e. The van der Waals surface area contributed by atoms with Gasteiger partial charge >= 0.3 is 0 Å². The molecule has 4 aromatic rings. The summed E-state index contributed by atoms with van der Waals surface area (Å²) < 4.78 is 16.4. The molecule has 0 aliphatic rings. The molecule has 0 atom stereocenters. The lowest BCUT2D eigenvalue weighted by molar-refractivity contribution is 0.0996. The van der Waals surface area contributed by atoms with Crippen LogP contribution >= 0.6 is 0 Å². The van der Waals surface area contributed by atoms with Gasteiger partial charge < -0.3 is 11.5 Å². The van der Waals surface area contributed by atoms with E-state index >= 15 is 0 Å². The van der Waals surface area contributed by atoms with Gasteiger partial charge in [-0.25, -0.2) is 9.37 Å². The lowest BCUT2D eigenvalue weighted by Gasteiger charge is -2.15. The van der Waals surface area contributed by atoms with Crippen LogP contribution in [0.15, 0.2) is 36.5 Å². The van der Waals surface area contributed by atoms with Gasteiger partial charge in [-0.2, -0.15) is 10.4 Å². The molecule has 0 saturated carbocycles. The molecule has 0 saturated heterocycles. The van der Waals surface area contributed by atoms with Crippen molar-refractivity contribution < 1.29 is 14.0 Å². The molecular formula is C23H18FN7O2. The Balaban J connectivity index is 2.04. The number of primary amides is 2. The number of hydrogen-bond donors (Lipinski definition) is 2. The molecule has 0 aliphatic carbocycles. The minimum atomic E-state index is -0.937. The number of fused-ring (bicyclic) bond motifs is 1. The Morgan fingerprint density at radius 2 is 1.88 bits per heavy atom. The van der Waals surface area contributed by atoms with Gasteiger partial charge in [-0.05, 0) is 38.1 Å². The van der Waals surface area contributed by atoms with Crippen molar-refractivity contribution in [2.45, 2.75) is 20.4 Å². The lowest BCUT2D eigenvalue weighted by atomic mass is 9.92. The zero-order valence-electron chi connectivity index (χ0n) is 17.8. The fourth-order valence-electron chi connectivity index (χ4n) is 3.96. The highest BCUT2D eigenvalue weighted by atomic mass is 19.1. The smallest absolute Gasteiger partial charge is 0.267 e. The maximum Gasteiger partial charge on any atom is 0.267 e. The number of carbonyl (C=O) groups excluding carboxylic acids is 2. The molecular weight excluding hydrogens is 425 g/mol. The van der Waals surface area contributed by atoms with Crippen molar-refractivity contribution in [2.24, 2.45) is 11.5 Å². The third-order valence-corrected chi connectivity index (χ3v) is 5.38. The van der Waals surface area contributed by atoms with Crippen molar-refractivity contribution >= 4 is 22.7 Å². The van der Waals surface area contributed by atoms with Crippen molar-refractivity contribution in [3.05, 3.63) is 76.2 Å². The van der Waals surface area contributed by atoms with E-state index in [1.165, 1.54) is 18.2 Å². The maximum absolute atomic E-state index is 14.8. The minimum Gasteiger partial charge on any atom is -0.366 e. The Hall–Kier alpha value is -4.65. The van der Waals surface area contributed by atoms with Crippen molar-refractivity contribution in [2.75, 3.05) is 0 Å². The molecule has 3 heterocycles. The zero-order valence-corrected chi connectivity index (χ0v) is 17.8. The van der Waals surface area contributed by atoms with Crippen LogP contribution in [0.3, 0.4) is 0 Å². The van der Waals surface area contributed by atoms with E-state index in [9.17, 15) is 19.2 Å². The molecule has 33 heavy (non-hydrogen) atoms. The highest BCUT2D eigenvalue weighted by molar-refractivity contribution is 6.15. The van der Waals surface area contributed by atoms with Crippen LogP contribution in [0.5, 0.6) is 0 Å². The molecule has 0 unspecified atom stereocenters. The molecule has 1 aromatic carbocycles. The Bertz CT molecular complexity index is 1500. The summed E-state index contributed by atoms with van der Waals surface area (Å²) in [5.74, 6) is -2.55.